The standard InChI is InChI=1S/C22H22N2O4/c1-22(2,13-25)19-11-20(28-24-19)23-21(26)27-12-18-16-9-5-3-7-14(16)15-8-4-6-10-17(15)18/h3-11,18,25H,12-13H2,1-2H3,(H,23,26). The number of aromatic nitrogens is 1. The molecule has 2 N–H and O–H groups in total. The number of ether oxygens (including phenoxy) is 1. The summed E-state index contributed by atoms with van der Waals surface area (Å²) in [5, 5.41) is 15.9. The number of aliphatic hydroxyl groups is 1. The Morgan fingerprint density at radius 1 is 1.14 bits per heavy atom. The molecule has 0 bridgehead atoms. The van der Waals surface area contributed by atoms with Crippen LogP contribution in [0.1, 0.15) is 36.6 Å². The number of aliphatic hydroxyl groups excluding tert-OH is 1. The molecule has 0 fully saturated rings. The molecule has 1 aromatic heterocycles. The van der Waals surface area contributed by atoms with E-state index in [1.807, 2.05) is 38.1 Å². The first-order valence-corrected chi connectivity index (χ1v) is 9.19. The summed E-state index contributed by atoms with van der Waals surface area (Å²) in [6, 6.07) is 17.9. The molecule has 2 aromatic carbocycles. The summed E-state index contributed by atoms with van der Waals surface area (Å²) in [5.41, 5.74) is 4.68. The first-order valence-electron chi connectivity index (χ1n) is 9.19. The molecule has 1 aliphatic rings. The molecule has 1 aliphatic carbocycles. The number of nitrogens with one attached hydrogen (secondary N) is 1. The van der Waals surface area contributed by atoms with Gasteiger partial charge in [-0.1, -0.05) is 67.5 Å². The van der Waals surface area contributed by atoms with Crippen LogP contribution in [0.25, 0.3) is 11.1 Å². The number of amides is 1. The molecule has 3 aromatic rings. The molecule has 144 valence electrons. The van der Waals surface area contributed by atoms with Crippen molar-refractivity contribution in [1.29, 1.82) is 0 Å². The molecule has 0 unspecified atom stereocenters. The van der Waals surface area contributed by atoms with Crippen molar-refractivity contribution < 1.29 is 19.2 Å². The van der Waals surface area contributed by atoms with Crippen LogP contribution in [0.3, 0.4) is 0 Å². The molecule has 1 heterocycles. The second-order valence-electron chi connectivity index (χ2n) is 7.57. The minimum atomic E-state index is -0.605. The number of benzene rings is 2. The molecule has 0 saturated heterocycles. The molecule has 0 atom stereocenters. The molecule has 6 nitrogen and oxygen atoms in total. The number of hydrogen-bond donors (Lipinski definition) is 2. The number of nitrogens with zero attached hydrogens (tertiary/aromatic N) is 1. The van der Waals surface area contributed by atoms with Crippen molar-refractivity contribution in [1.82, 2.24) is 5.16 Å². The molecule has 0 spiro atoms. The van der Waals surface area contributed by atoms with Crippen LogP contribution in [0, 0.1) is 0 Å². The van der Waals surface area contributed by atoms with Crippen molar-refractivity contribution in [2.75, 3.05) is 18.5 Å². The van der Waals surface area contributed by atoms with Crippen LogP contribution in [0.2, 0.25) is 0 Å². The van der Waals surface area contributed by atoms with Gasteiger partial charge in [0.05, 0.1) is 12.3 Å². The molecular formula is C22H22N2O4. The number of hydrogen-bond acceptors (Lipinski definition) is 5. The zero-order chi connectivity index (χ0) is 19.7. The van der Waals surface area contributed by atoms with Crippen LogP contribution in [-0.2, 0) is 10.2 Å². The zero-order valence-electron chi connectivity index (χ0n) is 15.8. The van der Waals surface area contributed by atoms with Crippen LogP contribution in [-0.4, -0.2) is 29.6 Å². The lowest BCUT2D eigenvalue weighted by Crippen LogP contribution is -2.22. The van der Waals surface area contributed by atoms with Gasteiger partial charge in [-0.3, -0.25) is 5.32 Å². The van der Waals surface area contributed by atoms with Crippen LogP contribution in [0.5, 0.6) is 0 Å². The first-order chi connectivity index (χ1) is 13.5. The lowest BCUT2D eigenvalue weighted by atomic mass is 9.91. The van der Waals surface area contributed by atoms with Gasteiger partial charge in [0, 0.05) is 17.4 Å². The third-order valence-electron chi connectivity index (χ3n) is 5.17. The number of anilines is 1. The smallest absolute Gasteiger partial charge is 0.414 e. The van der Waals surface area contributed by atoms with Gasteiger partial charge in [-0.25, -0.2) is 4.79 Å². The summed E-state index contributed by atoms with van der Waals surface area (Å²) < 4.78 is 10.6. The Morgan fingerprint density at radius 3 is 2.36 bits per heavy atom. The van der Waals surface area contributed by atoms with E-state index in [4.69, 9.17) is 9.26 Å². The quantitative estimate of drug-likeness (QED) is 0.691. The molecule has 28 heavy (non-hydrogen) atoms. The van der Waals surface area contributed by atoms with Crippen molar-refractivity contribution in [3.63, 3.8) is 0 Å². The van der Waals surface area contributed by atoms with Crippen molar-refractivity contribution >= 4 is 12.0 Å². The van der Waals surface area contributed by atoms with Crippen molar-refractivity contribution in [2.24, 2.45) is 0 Å². The fraction of sp³-hybridized carbons (Fsp3) is 0.273. The average molecular weight is 378 g/mol. The van der Waals surface area contributed by atoms with Crippen molar-refractivity contribution in [2.45, 2.75) is 25.2 Å². The second-order valence-corrected chi connectivity index (χ2v) is 7.57. The van der Waals surface area contributed by atoms with Gasteiger partial charge in [-0.05, 0) is 22.3 Å². The average Bonchev–Trinajstić information content (AvgIpc) is 3.30. The highest BCUT2D eigenvalue weighted by molar-refractivity contribution is 5.83. The molecule has 1 amide bonds. The van der Waals surface area contributed by atoms with Crippen LogP contribution < -0.4 is 5.32 Å². The maximum Gasteiger partial charge on any atom is 0.414 e. The molecule has 0 aliphatic heterocycles. The highest BCUT2D eigenvalue weighted by atomic mass is 16.6. The van der Waals surface area contributed by atoms with Crippen molar-refractivity contribution in [3.05, 3.63) is 71.4 Å². The minimum absolute atomic E-state index is 0.00300. The van der Waals surface area contributed by atoms with Crippen LogP contribution in [0.15, 0.2) is 59.1 Å². The number of carbonyl (C=O) groups excluding carboxylic acids is 1. The maximum atomic E-state index is 12.3. The normalized spacial score (nSPS) is 13.1. The summed E-state index contributed by atoms with van der Waals surface area (Å²) in [5.74, 6) is 0.186. The number of fused-ring (bicyclic) bond motifs is 3. The van der Waals surface area contributed by atoms with Crippen LogP contribution >= 0.6 is 0 Å². The van der Waals surface area contributed by atoms with Gasteiger partial charge in [0.25, 0.3) is 0 Å². The Labute approximate surface area is 163 Å². The third-order valence-corrected chi connectivity index (χ3v) is 5.17. The summed E-state index contributed by atoms with van der Waals surface area (Å²) in [4.78, 5) is 12.3. The summed E-state index contributed by atoms with van der Waals surface area (Å²) in [6.07, 6.45) is -0.605. The molecule has 0 saturated carbocycles. The topological polar surface area (TPSA) is 84.6 Å². The van der Waals surface area contributed by atoms with E-state index in [0.29, 0.717) is 5.69 Å². The molecule has 6 heteroatoms. The lowest BCUT2D eigenvalue weighted by Gasteiger charge is -2.16. The first kappa shape index (κ1) is 18.3. The van der Waals surface area contributed by atoms with Crippen molar-refractivity contribution in [3.8, 4) is 11.1 Å². The summed E-state index contributed by atoms with van der Waals surface area (Å²) >= 11 is 0. The predicted molar refractivity (Wildman–Crippen MR) is 105 cm³/mol. The zero-order valence-corrected chi connectivity index (χ0v) is 15.8. The summed E-state index contributed by atoms with van der Waals surface area (Å²) in [7, 11) is 0. The van der Waals surface area contributed by atoms with E-state index in [2.05, 4.69) is 34.7 Å². The summed E-state index contributed by atoms with van der Waals surface area (Å²) in [6.45, 7) is 3.82. The van der Waals surface area contributed by atoms with Gasteiger partial charge < -0.3 is 14.4 Å². The Balaban J connectivity index is 1.44. The third kappa shape index (κ3) is 3.27. The Bertz CT molecular complexity index is 964. The minimum Gasteiger partial charge on any atom is -0.448 e. The molecule has 0 radical (unpaired) electrons. The molecular weight excluding hydrogens is 356 g/mol. The Hall–Kier alpha value is -3.12. The Kier molecular flexibility index (Phi) is 4.65. The van der Waals surface area contributed by atoms with Gasteiger partial charge in [0.1, 0.15) is 6.61 Å². The SMILES string of the molecule is CC(C)(CO)c1cc(NC(=O)OCC2c3ccccc3-c3ccccc32)on1. The fourth-order valence-corrected chi connectivity index (χ4v) is 3.47. The van der Waals surface area contributed by atoms with E-state index in [9.17, 15) is 9.90 Å². The van der Waals surface area contributed by atoms with E-state index in [-0.39, 0.29) is 25.0 Å². The Morgan fingerprint density at radius 2 is 1.75 bits per heavy atom. The lowest BCUT2D eigenvalue weighted by molar-refractivity contribution is 0.157. The van der Waals surface area contributed by atoms with E-state index < -0.39 is 11.5 Å². The highest BCUT2D eigenvalue weighted by Gasteiger charge is 2.29. The number of carbonyl (C=O) groups is 1. The molecule has 4 rings (SSSR count). The second kappa shape index (κ2) is 7.13. The van der Waals surface area contributed by atoms with E-state index in [1.54, 1.807) is 6.07 Å². The predicted octanol–water partition coefficient (Wildman–Crippen LogP) is 4.31. The van der Waals surface area contributed by atoms with E-state index in [1.165, 1.54) is 11.1 Å². The van der Waals surface area contributed by atoms with Gasteiger partial charge >= 0.3 is 6.09 Å². The monoisotopic (exact) mass is 378 g/mol. The number of rotatable bonds is 5. The van der Waals surface area contributed by atoms with Gasteiger partial charge in [-0.15, -0.1) is 0 Å². The van der Waals surface area contributed by atoms with E-state index in [0.717, 1.165) is 11.1 Å². The van der Waals surface area contributed by atoms with E-state index >= 15 is 0 Å². The maximum absolute atomic E-state index is 12.3. The largest absolute Gasteiger partial charge is 0.448 e. The van der Waals surface area contributed by atoms with Crippen LogP contribution in [0.4, 0.5) is 10.7 Å². The van der Waals surface area contributed by atoms with Gasteiger partial charge in [0.15, 0.2) is 0 Å². The van der Waals surface area contributed by atoms with Gasteiger partial charge in [-0.2, -0.15) is 0 Å². The fourth-order valence-electron chi connectivity index (χ4n) is 3.47. The highest BCUT2D eigenvalue weighted by Crippen LogP contribution is 2.44. The van der Waals surface area contributed by atoms with Gasteiger partial charge in [0.2, 0.25) is 5.88 Å².